The van der Waals surface area contributed by atoms with Gasteiger partial charge in [-0.1, -0.05) is 36.4 Å². The molecule has 0 aliphatic heterocycles. The van der Waals surface area contributed by atoms with Crippen LogP contribution >= 0.6 is 0 Å². The summed E-state index contributed by atoms with van der Waals surface area (Å²) >= 11 is 0. The Morgan fingerprint density at radius 1 is 1.07 bits per heavy atom. The Morgan fingerprint density at radius 3 is 2.50 bits per heavy atom. The molecule has 0 spiro atoms. The molecular weight excluding hydrogens is 348 g/mol. The molecule has 0 saturated carbocycles. The summed E-state index contributed by atoms with van der Waals surface area (Å²) in [7, 11) is 3.60. The van der Waals surface area contributed by atoms with Crippen molar-refractivity contribution in [3.05, 3.63) is 77.9 Å². The minimum atomic E-state index is -0.0343. The Kier molecular flexibility index (Phi) is 6.08. The van der Waals surface area contributed by atoms with Gasteiger partial charge in [-0.25, -0.2) is 0 Å². The van der Waals surface area contributed by atoms with Crippen LogP contribution in [0, 0.1) is 11.3 Å². The monoisotopic (exact) mass is 370 g/mol. The molecule has 3 aromatic carbocycles. The maximum absolute atomic E-state index is 12.5. The van der Waals surface area contributed by atoms with E-state index in [4.69, 9.17) is 10.00 Å². The van der Waals surface area contributed by atoms with E-state index in [9.17, 15) is 4.79 Å². The van der Waals surface area contributed by atoms with Crippen LogP contribution in [-0.4, -0.2) is 26.5 Å². The van der Waals surface area contributed by atoms with E-state index in [0.717, 1.165) is 27.8 Å². The molecular formula is C24H22N2O2. The second kappa shape index (κ2) is 8.88. The van der Waals surface area contributed by atoms with Gasteiger partial charge >= 0.3 is 0 Å². The number of anilines is 1. The summed E-state index contributed by atoms with van der Waals surface area (Å²) in [6.07, 6.45) is 3.91. The standard InChI is InChI=1S/C24H22N2O2/c1-26(15-3-14-25)22-10-4-18(5-11-22)6-13-24(27)21-8-7-20-17-23(28-2)12-9-19(20)16-21/h4-13,16-17H,3,15H2,1-2H3. The number of fused-ring (bicyclic) bond motifs is 1. The number of nitriles is 1. The highest BCUT2D eigenvalue weighted by Gasteiger charge is 2.05. The van der Waals surface area contributed by atoms with Crippen LogP contribution in [-0.2, 0) is 0 Å². The topological polar surface area (TPSA) is 53.3 Å². The molecule has 0 unspecified atom stereocenters. The number of methoxy groups -OCH3 is 1. The number of ketones is 1. The molecule has 0 heterocycles. The minimum absolute atomic E-state index is 0.0343. The SMILES string of the molecule is COc1ccc2cc(C(=O)C=Cc3ccc(N(C)CCC#N)cc3)ccc2c1. The van der Waals surface area contributed by atoms with E-state index in [2.05, 4.69) is 6.07 Å². The van der Waals surface area contributed by atoms with Crippen LogP contribution in [0.2, 0.25) is 0 Å². The van der Waals surface area contributed by atoms with Crippen LogP contribution in [0.1, 0.15) is 22.3 Å². The third-order valence-corrected chi connectivity index (χ3v) is 4.65. The van der Waals surface area contributed by atoms with Gasteiger partial charge in [-0.15, -0.1) is 0 Å². The van der Waals surface area contributed by atoms with Crippen molar-refractivity contribution in [3.8, 4) is 11.8 Å². The molecule has 4 heteroatoms. The largest absolute Gasteiger partial charge is 0.497 e. The Morgan fingerprint density at radius 2 is 1.79 bits per heavy atom. The summed E-state index contributed by atoms with van der Waals surface area (Å²) in [5.74, 6) is 0.765. The molecule has 0 bridgehead atoms. The number of benzene rings is 3. The average Bonchev–Trinajstić information content (AvgIpc) is 2.75. The fourth-order valence-electron chi connectivity index (χ4n) is 2.96. The normalized spacial score (nSPS) is 10.8. The summed E-state index contributed by atoms with van der Waals surface area (Å²) in [4.78, 5) is 14.6. The van der Waals surface area contributed by atoms with Crippen molar-refractivity contribution in [2.45, 2.75) is 6.42 Å². The van der Waals surface area contributed by atoms with Gasteiger partial charge in [0.05, 0.1) is 19.6 Å². The van der Waals surface area contributed by atoms with E-state index in [0.29, 0.717) is 18.5 Å². The highest BCUT2D eigenvalue weighted by atomic mass is 16.5. The lowest BCUT2D eigenvalue weighted by atomic mass is 10.0. The molecule has 0 aliphatic rings. The zero-order valence-electron chi connectivity index (χ0n) is 16.1. The molecule has 28 heavy (non-hydrogen) atoms. The van der Waals surface area contributed by atoms with E-state index in [-0.39, 0.29) is 5.78 Å². The number of nitrogens with zero attached hydrogens (tertiary/aromatic N) is 2. The third-order valence-electron chi connectivity index (χ3n) is 4.65. The molecule has 3 rings (SSSR count). The van der Waals surface area contributed by atoms with Crippen molar-refractivity contribution in [2.75, 3.05) is 25.6 Å². The molecule has 0 radical (unpaired) electrons. The quantitative estimate of drug-likeness (QED) is 0.429. The van der Waals surface area contributed by atoms with Gasteiger partial charge in [0.1, 0.15) is 5.75 Å². The Labute approximate surface area is 165 Å². The van der Waals surface area contributed by atoms with Crippen LogP contribution in [0.4, 0.5) is 5.69 Å². The van der Waals surface area contributed by atoms with Gasteiger partial charge in [0.25, 0.3) is 0 Å². The third kappa shape index (κ3) is 4.57. The van der Waals surface area contributed by atoms with Crippen LogP contribution in [0.15, 0.2) is 66.7 Å². The van der Waals surface area contributed by atoms with Gasteiger partial charge in [-0.2, -0.15) is 5.26 Å². The molecule has 0 aliphatic carbocycles. The fourth-order valence-corrected chi connectivity index (χ4v) is 2.96. The Hall–Kier alpha value is -3.58. The van der Waals surface area contributed by atoms with Gasteiger partial charge in [0.2, 0.25) is 0 Å². The Bertz CT molecular complexity index is 1050. The Balaban J connectivity index is 1.71. The summed E-state index contributed by atoms with van der Waals surface area (Å²) in [5.41, 5.74) is 2.65. The van der Waals surface area contributed by atoms with Gasteiger partial charge in [0, 0.05) is 24.8 Å². The number of ether oxygens (including phenoxy) is 1. The van der Waals surface area contributed by atoms with Crippen molar-refractivity contribution in [1.29, 1.82) is 5.26 Å². The number of allylic oxidation sites excluding steroid dienone is 1. The molecule has 0 N–H and O–H groups in total. The lowest BCUT2D eigenvalue weighted by Gasteiger charge is -2.17. The second-order valence-electron chi connectivity index (χ2n) is 6.55. The van der Waals surface area contributed by atoms with Crippen molar-refractivity contribution < 1.29 is 9.53 Å². The molecule has 0 amide bonds. The van der Waals surface area contributed by atoms with E-state index in [1.165, 1.54) is 0 Å². The summed E-state index contributed by atoms with van der Waals surface area (Å²) in [6.45, 7) is 0.692. The van der Waals surface area contributed by atoms with Crippen LogP contribution in [0.5, 0.6) is 5.75 Å². The zero-order valence-corrected chi connectivity index (χ0v) is 16.1. The minimum Gasteiger partial charge on any atom is -0.497 e. The first kappa shape index (κ1) is 19.2. The van der Waals surface area contributed by atoms with E-state index in [1.54, 1.807) is 13.2 Å². The fraction of sp³-hybridized carbons (Fsp3) is 0.167. The zero-order chi connectivity index (χ0) is 19.9. The van der Waals surface area contributed by atoms with E-state index < -0.39 is 0 Å². The van der Waals surface area contributed by atoms with Crippen molar-refractivity contribution in [1.82, 2.24) is 0 Å². The highest BCUT2D eigenvalue weighted by molar-refractivity contribution is 6.08. The maximum Gasteiger partial charge on any atom is 0.185 e. The number of carbonyl (C=O) groups is 1. The molecule has 3 aromatic rings. The predicted molar refractivity (Wildman–Crippen MR) is 114 cm³/mol. The first-order valence-corrected chi connectivity index (χ1v) is 9.09. The van der Waals surface area contributed by atoms with Gasteiger partial charge in [-0.3, -0.25) is 4.79 Å². The van der Waals surface area contributed by atoms with Crippen LogP contribution < -0.4 is 9.64 Å². The molecule has 0 fully saturated rings. The number of hydrogen-bond donors (Lipinski definition) is 0. The first-order valence-electron chi connectivity index (χ1n) is 9.09. The van der Waals surface area contributed by atoms with Gasteiger partial charge < -0.3 is 9.64 Å². The molecule has 0 atom stereocenters. The molecule has 140 valence electrons. The predicted octanol–water partition coefficient (Wildman–Crippen LogP) is 5.09. The van der Waals surface area contributed by atoms with Crippen molar-refractivity contribution >= 4 is 28.3 Å². The van der Waals surface area contributed by atoms with E-state index in [1.807, 2.05) is 78.7 Å². The average molecular weight is 370 g/mol. The second-order valence-corrected chi connectivity index (χ2v) is 6.55. The highest BCUT2D eigenvalue weighted by Crippen LogP contribution is 2.22. The van der Waals surface area contributed by atoms with Gasteiger partial charge in [0.15, 0.2) is 5.78 Å². The lowest BCUT2D eigenvalue weighted by molar-refractivity contribution is 0.104. The van der Waals surface area contributed by atoms with Crippen molar-refractivity contribution in [3.63, 3.8) is 0 Å². The number of rotatable bonds is 7. The van der Waals surface area contributed by atoms with E-state index >= 15 is 0 Å². The maximum atomic E-state index is 12.5. The molecule has 4 nitrogen and oxygen atoms in total. The number of carbonyl (C=O) groups excluding carboxylic acids is 1. The van der Waals surface area contributed by atoms with Crippen LogP contribution in [0.3, 0.4) is 0 Å². The summed E-state index contributed by atoms with van der Waals surface area (Å²) < 4.78 is 5.23. The van der Waals surface area contributed by atoms with Crippen LogP contribution in [0.25, 0.3) is 16.8 Å². The summed E-state index contributed by atoms with van der Waals surface area (Å²) in [6, 6.07) is 21.5. The summed E-state index contributed by atoms with van der Waals surface area (Å²) in [5, 5.41) is 10.7. The molecule has 0 aromatic heterocycles. The smallest absolute Gasteiger partial charge is 0.185 e. The lowest BCUT2D eigenvalue weighted by Crippen LogP contribution is -2.17. The number of hydrogen-bond acceptors (Lipinski definition) is 4. The van der Waals surface area contributed by atoms with Crippen molar-refractivity contribution in [2.24, 2.45) is 0 Å². The molecule has 0 saturated heterocycles. The first-order chi connectivity index (χ1) is 13.6. The van der Waals surface area contributed by atoms with Gasteiger partial charge in [-0.05, 0) is 52.7 Å².